The maximum Gasteiger partial charge on any atom is 0.292 e. The van der Waals surface area contributed by atoms with Gasteiger partial charge >= 0.3 is 0 Å². The third kappa shape index (κ3) is 2.68. The van der Waals surface area contributed by atoms with Crippen LogP contribution in [0.15, 0.2) is 41.5 Å². The Morgan fingerprint density at radius 1 is 1.38 bits per heavy atom. The lowest BCUT2D eigenvalue weighted by Crippen LogP contribution is -2.11. The van der Waals surface area contributed by atoms with Gasteiger partial charge in [0.1, 0.15) is 11.1 Å². The minimum absolute atomic E-state index is 0.236. The van der Waals surface area contributed by atoms with E-state index >= 15 is 0 Å². The Kier molecular flexibility index (Phi) is 3.49. The lowest BCUT2D eigenvalue weighted by molar-refractivity contribution is 0.103. The van der Waals surface area contributed by atoms with Gasteiger partial charge in [0.2, 0.25) is 4.96 Å². The largest absolute Gasteiger partial charge is 0.321 e. The Bertz CT molecular complexity index is 869. The summed E-state index contributed by atoms with van der Waals surface area (Å²) in [5.74, 6) is -0.236. The second kappa shape index (κ2) is 5.45. The summed E-state index contributed by atoms with van der Waals surface area (Å²) in [6.07, 6.45) is 3.52. The zero-order valence-corrected chi connectivity index (χ0v) is 12.1. The summed E-state index contributed by atoms with van der Waals surface area (Å²) in [7, 11) is 0. The molecular formula is C14H12N4O2S. The van der Waals surface area contributed by atoms with Gasteiger partial charge in [-0.2, -0.15) is 10.1 Å². The van der Waals surface area contributed by atoms with Crippen molar-refractivity contribution in [3.63, 3.8) is 0 Å². The molecule has 0 spiro atoms. The number of carbonyl (C=O) groups excluding carboxylic acids is 1. The van der Waals surface area contributed by atoms with Gasteiger partial charge in [-0.1, -0.05) is 36.5 Å². The predicted molar refractivity (Wildman–Crippen MR) is 80.9 cm³/mol. The molecule has 1 amide bonds. The summed E-state index contributed by atoms with van der Waals surface area (Å²) >= 11 is 1.13. The van der Waals surface area contributed by atoms with Gasteiger partial charge in [0, 0.05) is 5.69 Å². The molecule has 3 aromatic rings. The van der Waals surface area contributed by atoms with Crippen molar-refractivity contribution in [2.24, 2.45) is 0 Å². The van der Waals surface area contributed by atoms with Gasteiger partial charge in [-0.25, -0.2) is 4.52 Å². The maximum absolute atomic E-state index is 12.3. The van der Waals surface area contributed by atoms with Gasteiger partial charge in [0.15, 0.2) is 0 Å². The Hall–Kier alpha value is -2.54. The first kappa shape index (κ1) is 13.4. The number of hydrogen-bond acceptors (Lipinski definition) is 5. The molecule has 1 aromatic carbocycles. The van der Waals surface area contributed by atoms with E-state index in [0.29, 0.717) is 9.84 Å². The van der Waals surface area contributed by atoms with Crippen LogP contribution >= 0.6 is 11.3 Å². The monoisotopic (exact) mass is 300 g/mol. The Labute approximate surface area is 124 Å². The van der Waals surface area contributed by atoms with E-state index in [1.54, 1.807) is 6.20 Å². The van der Waals surface area contributed by atoms with Crippen molar-refractivity contribution in [2.45, 2.75) is 13.3 Å². The number of hydrogen-bond donors (Lipinski definition) is 1. The molecule has 3 rings (SSSR count). The first-order valence-corrected chi connectivity index (χ1v) is 7.24. The average molecular weight is 300 g/mol. The highest BCUT2D eigenvalue weighted by molar-refractivity contribution is 7.18. The molecule has 21 heavy (non-hydrogen) atoms. The molecule has 0 aliphatic heterocycles. The second-order valence-electron chi connectivity index (χ2n) is 4.38. The number of anilines is 1. The van der Waals surface area contributed by atoms with Crippen molar-refractivity contribution in [2.75, 3.05) is 5.32 Å². The Balaban J connectivity index is 1.91. The number of amides is 1. The summed E-state index contributed by atoms with van der Waals surface area (Å²) in [4.78, 5) is 28.1. The van der Waals surface area contributed by atoms with Crippen LogP contribution in [0.4, 0.5) is 5.69 Å². The lowest BCUT2D eigenvalue weighted by atomic mass is 10.1. The average Bonchev–Trinajstić information content (AvgIpc) is 2.91. The molecule has 0 aliphatic carbocycles. The van der Waals surface area contributed by atoms with Gasteiger partial charge in [-0.15, -0.1) is 0 Å². The highest BCUT2D eigenvalue weighted by Crippen LogP contribution is 2.19. The summed E-state index contributed by atoms with van der Waals surface area (Å²) in [5.41, 5.74) is 1.44. The molecule has 0 fully saturated rings. The first-order valence-electron chi connectivity index (χ1n) is 6.42. The molecule has 1 N–H and O–H groups in total. The van der Waals surface area contributed by atoms with Crippen LogP contribution in [0.25, 0.3) is 4.96 Å². The molecule has 106 valence electrons. The van der Waals surface area contributed by atoms with E-state index in [1.165, 1.54) is 4.52 Å². The van der Waals surface area contributed by atoms with E-state index in [4.69, 9.17) is 0 Å². The molecule has 0 saturated heterocycles. The van der Waals surface area contributed by atoms with E-state index in [2.05, 4.69) is 15.4 Å². The van der Waals surface area contributed by atoms with Crippen LogP contribution in [0, 0.1) is 0 Å². The third-order valence-corrected chi connectivity index (χ3v) is 3.98. The number of nitrogens with one attached hydrogen (secondary N) is 1. The maximum atomic E-state index is 12.3. The van der Waals surface area contributed by atoms with Crippen LogP contribution < -0.4 is 10.9 Å². The smallest absolute Gasteiger partial charge is 0.292 e. The van der Waals surface area contributed by atoms with Crippen molar-refractivity contribution in [1.29, 1.82) is 0 Å². The number of fused-ring (bicyclic) bond motifs is 1. The van der Waals surface area contributed by atoms with Crippen molar-refractivity contribution in [1.82, 2.24) is 14.6 Å². The molecule has 0 unspecified atom stereocenters. The highest BCUT2D eigenvalue weighted by atomic mass is 32.1. The number of para-hydroxylation sites is 1. The molecular weight excluding hydrogens is 288 g/mol. The molecule has 0 saturated carbocycles. The lowest BCUT2D eigenvalue weighted by Gasteiger charge is -2.08. The zero-order chi connectivity index (χ0) is 14.8. The molecule has 0 atom stereocenters. The Morgan fingerprint density at radius 3 is 3.00 bits per heavy atom. The summed E-state index contributed by atoms with van der Waals surface area (Å²) in [6, 6.07) is 7.65. The summed E-state index contributed by atoms with van der Waals surface area (Å²) in [6.45, 7) is 2.03. The van der Waals surface area contributed by atoms with Crippen LogP contribution in [0.2, 0.25) is 0 Å². The minimum Gasteiger partial charge on any atom is -0.321 e. The number of aryl methyl sites for hydroxylation is 1. The van der Waals surface area contributed by atoms with Crippen LogP contribution in [-0.2, 0) is 6.42 Å². The third-order valence-electron chi connectivity index (χ3n) is 3.01. The molecule has 2 aromatic heterocycles. The number of rotatable bonds is 3. The SMILES string of the molecule is CCc1ccccc1NC(=O)c1cn2ncc(=O)nc2s1. The van der Waals surface area contributed by atoms with Crippen LogP contribution in [0.3, 0.4) is 0 Å². The van der Waals surface area contributed by atoms with Crippen molar-refractivity contribution in [3.8, 4) is 0 Å². The van der Waals surface area contributed by atoms with Crippen LogP contribution in [-0.4, -0.2) is 20.5 Å². The molecule has 2 heterocycles. The highest BCUT2D eigenvalue weighted by Gasteiger charge is 2.13. The second-order valence-corrected chi connectivity index (χ2v) is 5.39. The van der Waals surface area contributed by atoms with Crippen molar-refractivity contribution < 1.29 is 4.79 Å². The quantitative estimate of drug-likeness (QED) is 0.802. The van der Waals surface area contributed by atoms with E-state index < -0.39 is 5.56 Å². The molecule has 0 bridgehead atoms. The molecule has 0 aliphatic rings. The number of nitrogens with zero attached hydrogens (tertiary/aromatic N) is 3. The fourth-order valence-electron chi connectivity index (χ4n) is 1.97. The molecule has 0 radical (unpaired) electrons. The minimum atomic E-state index is -0.417. The van der Waals surface area contributed by atoms with Crippen molar-refractivity contribution in [3.05, 3.63) is 57.5 Å². The number of thiazole rings is 1. The standard InChI is InChI=1S/C14H12N4O2S/c1-2-9-5-3-4-6-10(9)16-13(20)11-8-18-14(21-11)17-12(19)7-15-18/h3-8H,2H2,1H3,(H,16,20). The topological polar surface area (TPSA) is 76.4 Å². The van der Waals surface area contributed by atoms with E-state index in [0.717, 1.165) is 35.2 Å². The Morgan fingerprint density at radius 2 is 2.19 bits per heavy atom. The van der Waals surface area contributed by atoms with E-state index in [-0.39, 0.29) is 5.91 Å². The number of aromatic nitrogens is 3. The summed E-state index contributed by atoms with van der Waals surface area (Å²) in [5, 5.41) is 6.77. The predicted octanol–water partition coefficient (Wildman–Crippen LogP) is 1.97. The van der Waals surface area contributed by atoms with Gasteiger partial charge in [0.25, 0.3) is 11.5 Å². The van der Waals surface area contributed by atoms with E-state index in [9.17, 15) is 9.59 Å². The van der Waals surface area contributed by atoms with Gasteiger partial charge in [-0.05, 0) is 18.1 Å². The molecule has 7 heteroatoms. The summed E-state index contributed by atoms with van der Waals surface area (Å²) < 4.78 is 1.42. The van der Waals surface area contributed by atoms with Crippen LogP contribution in [0.1, 0.15) is 22.2 Å². The fraction of sp³-hybridized carbons (Fsp3) is 0.143. The number of benzene rings is 1. The normalized spacial score (nSPS) is 10.7. The van der Waals surface area contributed by atoms with Gasteiger partial charge in [-0.3, -0.25) is 9.59 Å². The van der Waals surface area contributed by atoms with E-state index in [1.807, 2.05) is 31.2 Å². The van der Waals surface area contributed by atoms with Crippen molar-refractivity contribution >= 4 is 27.9 Å². The molecule has 6 nitrogen and oxygen atoms in total. The fourth-order valence-corrected chi connectivity index (χ4v) is 2.79. The zero-order valence-electron chi connectivity index (χ0n) is 11.2. The first-order chi connectivity index (χ1) is 10.2. The van der Waals surface area contributed by atoms with Gasteiger partial charge < -0.3 is 5.32 Å². The number of carbonyl (C=O) groups is 1. The van der Waals surface area contributed by atoms with Gasteiger partial charge in [0.05, 0.1) is 6.20 Å². The van der Waals surface area contributed by atoms with Crippen LogP contribution in [0.5, 0.6) is 0 Å².